The van der Waals surface area contributed by atoms with Crippen molar-refractivity contribution < 1.29 is 9.53 Å². The van der Waals surface area contributed by atoms with Gasteiger partial charge in [-0.15, -0.1) is 24.0 Å². The van der Waals surface area contributed by atoms with Crippen LogP contribution < -0.4 is 10.6 Å². The second kappa shape index (κ2) is 14.3. The summed E-state index contributed by atoms with van der Waals surface area (Å²) in [6.45, 7) is 1.97. The molecular weight excluding hydrogens is 490 g/mol. The second-order valence-corrected chi connectivity index (χ2v) is 6.48. The number of nitrogens with one attached hydrogen (secondary N) is 2. The Morgan fingerprint density at radius 1 is 1.23 bits per heavy atom. The van der Waals surface area contributed by atoms with Crippen LogP contribution in [0.4, 0.5) is 0 Å². The monoisotopic (exact) mass is 516 g/mol. The predicted molar refractivity (Wildman–Crippen MR) is 119 cm³/mol. The van der Waals surface area contributed by atoms with Gasteiger partial charge in [-0.2, -0.15) is 0 Å². The molecule has 9 heteroatoms. The van der Waals surface area contributed by atoms with Gasteiger partial charge in [0.2, 0.25) is 5.91 Å². The summed E-state index contributed by atoms with van der Waals surface area (Å²) >= 11 is 12.1. The normalized spacial score (nSPS) is 10.9. The van der Waals surface area contributed by atoms with Gasteiger partial charge < -0.3 is 20.3 Å². The van der Waals surface area contributed by atoms with Gasteiger partial charge in [0.1, 0.15) is 6.54 Å². The summed E-state index contributed by atoms with van der Waals surface area (Å²) < 4.78 is 5.02. The molecule has 0 bridgehead atoms. The Balaban J connectivity index is 0.00000625. The van der Waals surface area contributed by atoms with Crippen molar-refractivity contribution in [1.82, 2.24) is 15.5 Å². The number of benzene rings is 1. The number of halogens is 3. The summed E-state index contributed by atoms with van der Waals surface area (Å²) in [6, 6.07) is 5.52. The van der Waals surface area contributed by atoms with E-state index in [1.165, 1.54) is 4.90 Å². The lowest BCUT2D eigenvalue weighted by atomic mass is 10.1. The molecule has 1 amide bonds. The number of carbonyl (C=O) groups is 1. The Bertz CT molecular complexity index is 586. The van der Waals surface area contributed by atoms with Crippen molar-refractivity contribution in [3.63, 3.8) is 0 Å². The van der Waals surface area contributed by atoms with Crippen LogP contribution in [0.5, 0.6) is 0 Å². The van der Waals surface area contributed by atoms with Gasteiger partial charge in [0.25, 0.3) is 0 Å². The van der Waals surface area contributed by atoms with Crippen molar-refractivity contribution in [2.45, 2.75) is 12.8 Å². The first-order valence-corrected chi connectivity index (χ1v) is 8.85. The van der Waals surface area contributed by atoms with Crippen molar-refractivity contribution in [3.05, 3.63) is 33.8 Å². The minimum Gasteiger partial charge on any atom is -0.383 e. The highest BCUT2D eigenvalue weighted by molar-refractivity contribution is 14.0. The Labute approximate surface area is 182 Å². The summed E-state index contributed by atoms with van der Waals surface area (Å²) in [7, 11) is 5.05. The van der Waals surface area contributed by atoms with Crippen LogP contribution in [-0.2, 0) is 16.0 Å². The average Bonchev–Trinajstić information content (AvgIpc) is 2.57. The van der Waals surface area contributed by atoms with E-state index in [-0.39, 0.29) is 36.4 Å². The molecule has 0 aliphatic carbocycles. The minimum absolute atomic E-state index is 0. The molecule has 1 rings (SSSR count). The number of amides is 1. The summed E-state index contributed by atoms with van der Waals surface area (Å²) in [4.78, 5) is 17.5. The van der Waals surface area contributed by atoms with E-state index >= 15 is 0 Å². The molecule has 1 aromatic carbocycles. The predicted octanol–water partition coefficient (Wildman–Crippen LogP) is 2.81. The van der Waals surface area contributed by atoms with Gasteiger partial charge in [-0.05, 0) is 30.5 Å². The second-order valence-electron chi connectivity index (χ2n) is 5.64. The maximum absolute atomic E-state index is 11.7. The van der Waals surface area contributed by atoms with E-state index in [1.807, 2.05) is 12.1 Å². The molecule has 1 aromatic rings. The van der Waals surface area contributed by atoms with E-state index in [4.69, 9.17) is 27.9 Å². The van der Waals surface area contributed by atoms with Crippen LogP contribution in [0, 0.1) is 0 Å². The van der Waals surface area contributed by atoms with Crippen molar-refractivity contribution in [1.29, 1.82) is 0 Å². The Kier molecular flexibility index (Phi) is 13.9. The van der Waals surface area contributed by atoms with Gasteiger partial charge in [-0.3, -0.25) is 4.79 Å². The summed E-state index contributed by atoms with van der Waals surface area (Å²) in [5.41, 5.74) is 1.06. The molecule has 6 nitrogen and oxygen atoms in total. The Morgan fingerprint density at radius 2 is 1.92 bits per heavy atom. The van der Waals surface area contributed by atoms with Crippen molar-refractivity contribution in [2.24, 2.45) is 4.99 Å². The molecule has 0 atom stereocenters. The number of methoxy groups -OCH3 is 1. The fraction of sp³-hybridized carbons (Fsp3) is 0.529. The van der Waals surface area contributed by atoms with Crippen molar-refractivity contribution >= 4 is 59.0 Å². The highest BCUT2D eigenvalue weighted by Gasteiger charge is 2.05. The molecule has 0 unspecified atom stereocenters. The molecule has 26 heavy (non-hydrogen) atoms. The first kappa shape index (κ1) is 25.2. The molecule has 0 fully saturated rings. The lowest BCUT2D eigenvalue weighted by Gasteiger charge is -2.13. The van der Waals surface area contributed by atoms with E-state index in [2.05, 4.69) is 15.6 Å². The maximum Gasteiger partial charge on any atom is 0.243 e. The van der Waals surface area contributed by atoms with E-state index in [0.717, 1.165) is 18.4 Å². The zero-order valence-electron chi connectivity index (χ0n) is 15.3. The number of hydrogen-bond acceptors (Lipinski definition) is 3. The first-order chi connectivity index (χ1) is 11.9. The molecule has 0 aromatic heterocycles. The number of aliphatic imine (C=N–C) groups is 1. The topological polar surface area (TPSA) is 66.0 Å². The lowest BCUT2D eigenvalue weighted by Crippen LogP contribution is -2.40. The summed E-state index contributed by atoms with van der Waals surface area (Å²) in [5.74, 6) is 0.537. The third kappa shape index (κ3) is 10.4. The van der Waals surface area contributed by atoms with Crippen LogP contribution in [0.15, 0.2) is 23.2 Å². The van der Waals surface area contributed by atoms with Gasteiger partial charge in [0.15, 0.2) is 5.96 Å². The largest absolute Gasteiger partial charge is 0.383 e. The molecule has 0 aliphatic rings. The number of nitrogens with zero attached hydrogens (tertiary/aromatic N) is 2. The Hall–Kier alpha value is -0.770. The lowest BCUT2D eigenvalue weighted by molar-refractivity contribution is -0.127. The van der Waals surface area contributed by atoms with E-state index in [0.29, 0.717) is 35.7 Å². The van der Waals surface area contributed by atoms with E-state index < -0.39 is 0 Å². The third-order valence-corrected chi connectivity index (χ3v) is 3.99. The minimum atomic E-state index is -0.0548. The molecule has 0 saturated carbocycles. The van der Waals surface area contributed by atoms with Crippen LogP contribution in [0.2, 0.25) is 10.0 Å². The van der Waals surface area contributed by atoms with Crippen LogP contribution in [0.25, 0.3) is 0 Å². The Morgan fingerprint density at radius 3 is 2.54 bits per heavy atom. The van der Waals surface area contributed by atoms with Gasteiger partial charge in [-0.25, -0.2) is 4.99 Å². The first-order valence-electron chi connectivity index (χ1n) is 8.09. The molecule has 0 radical (unpaired) electrons. The van der Waals surface area contributed by atoms with Gasteiger partial charge in [0.05, 0.1) is 6.61 Å². The molecule has 2 N–H and O–H groups in total. The van der Waals surface area contributed by atoms with Crippen molar-refractivity contribution in [2.75, 3.05) is 47.4 Å². The summed E-state index contributed by atoms with van der Waals surface area (Å²) in [5, 5.41) is 7.66. The average molecular weight is 517 g/mol. The SMILES string of the molecule is COCCNC(=NCC(=O)N(C)C)NCCCc1ccc(Cl)cc1Cl.I. The number of carbonyl (C=O) groups excluding carboxylic acids is 1. The van der Waals surface area contributed by atoms with Gasteiger partial charge in [-0.1, -0.05) is 29.3 Å². The quantitative estimate of drug-likeness (QED) is 0.229. The van der Waals surface area contributed by atoms with Crippen LogP contribution in [0.1, 0.15) is 12.0 Å². The number of likely N-dealkylation sites (N-methyl/N-ethyl adjacent to an activating group) is 1. The van der Waals surface area contributed by atoms with Gasteiger partial charge >= 0.3 is 0 Å². The number of rotatable bonds is 9. The van der Waals surface area contributed by atoms with Crippen LogP contribution in [-0.4, -0.2) is 64.2 Å². The molecule has 0 saturated heterocycles. The molecule has 0 heterocycles. The third-order valence-electron chi connectivity index (χ3n) is 3.40. The zero-order chi connectivity index (χ0) is 18.7. The number of hydrogen-bond donors (Lipinski definition) is 2. The molecule has 0 aliphatic heterocycles. The van der Waals surface area contributed by atoms with E-state index in [9.17, 15) is 4.79 Å². The molecule has 0 spiro atoms. The summed E-state index contributed by atoms with van der Waals surface area (Å²) in [6.07, 6.45) is 1.69. The highest BCUT2D eigenvalue weighted by Crippen LogP contribution is 2.21. The van der Waals surface area contributed by atoms with Gasteiger partial charge in [0, 0.05) is 44.3 Å². The number of ether oxygens (including phenoxy) is 1. The van der Waals surface area contributed by atoms with E-state index in [1.54, 1.807) is 27.3 Å². The smallest absolute Gasteiger partial charge is 0.243 e. The maximum atomic E-state index is 11.7. The number of aryl methyl sites for hydroxylation is 1. The van der Waals surface area contributed by atoms with Crippen LogP contribution in [0.3, 0.4) is 0 Å². The standard InChI is InChI=1S/C17H26Cl2N4O2.HI/c1-23(2)16(24)12-22-17(21-9-10-25-3)20-8-4-5-13-6-7-14(18)11-15(13)19;/h6-7,11H,4-5,8-10,12H2,1-3H3,(H2,20,21,22);1H. The number of guanidine groups is 1. The zero-order valence-corrected chi connectivity index (χ0v) is 19.2. The van der Waals surface area contributed by atoms with Crippen LogP contribution >= 0.6 is 47.2 Å². The van der Waals surface area contributed by atoms with Crippen molar-refractivity contribution in [3.8, 4) is 0 Å². The fourth-order valence-corrected chi connectivity index (χ4v) is 2.45. The highest BCUT2D eigenvalue weighted by atomic mass is 127. The fourth-order valence-electron chi connectivity index (χ4n) is 1.94. The molecule has 148 valence electrons. The molecular formula is C17H27Cl2IN4O2.